The second-order valence-corrected chi connectivity index (χ2v) is 6.91. The maximum atomic E-state index is 12.7. The van der Waals surface area contributed by atoms with E-state index in [2.05, 4.69) is 14.5 Å². The third-order valence-corrected chi connectivity index (χ3v) is 5.01. The van der Waals surface area contributed by atoms with Crippen molar-refractivity contribution in [2.24, 2.45) is 0 Å². The fraction of sp³-hybridized carbons (Fsp3) is 0.526. The van der Waals surface area contributed by atoms with Gasteiger partial charge in [0.2, 0.25) is 5.91 Å². The standard InChI is InChI=1S/C19H24N4O3/c24-18(14-25-16-6-1-2-7-16)23-11-15-5-3-10-22(15)12-17(13-23)26-19-20-8-4-9-21-19/h3-5,8-10,16-17H,1-2,6-7,11-14H2. The highest BCUT2D eigenvalue weighted by molar-refractivity contribution is 5.77. The number of hydrogen-bond acceptors (Lipinski definition) is 5. The summed E-state index contributed by atoms with van der Waals surface area (Å²) in [7, 11) is 0. The molecule has 0 N–H and O–H groups in total. The Morgan fingerprint density at radius 3 is 2.73 bits per heavy atom. The van der Waals surface area contributed by atoms with Gasteiger partial charge in [-0.15, -0.1) is 0 Å². The average Bonchev–Trinajstić information content (AvgIpc) is 3.29. The zero-order valence-electron chi connectivity index (χ0n) is 14.8. The Hall–Kier alpha value is -2.41. The van der Waals surface area contributed by atoms with E-state index in [-0.39, 0.29) is 24.7 Å². The van der Waals surface area contributed by atoms with E-state index in [1.165, 1.54) is 12.8 Å². The molecule has 0 radical (unpaired) electrons. The summed E-state index contributed by atoms with van der Waals surface area (Å²) in [6.07, 6.45) is 9.87. The molecule has 4 rings (SSSR count). The molecule has 1 atom stereocenters. The molecule has 138 valence electrons. The lowest BCUT2D eigenvalue weighted by molar-refractivity contribution is -0.139. The average molecular weight is 356 g/mol. The third-order valence-electron chi connectivity index (χ3n) is 5.01. The molecule has 1 amide bonds. The van der Waals surface area contributed by atoms with Crippen molar-refractivity contribution >= 4 is 5.91 Å². The summed E-state index contributed by atoms with van der Waals surface area (Å²) in [4.78, 5) is 22.8. The van der Waals surface area contributed by atoms with Crippen LogP contribution in [0.25, 0.3) is 0 Å². The first kappa shape index (κ1) is 17.0. The Bertz CT molecular complexity index is 727. The van der Waals surface area contributed by atoms with Crippen LogP contribution in [0.2, 0.25) is 0 Å². The van der Waals surface area contributed by atoms with E-state index in [1.54, 1.807) is 18.5 Å². The first-order valence-corrected chi connectivity index (χ1v) is 9.25. The Morgan fingerprint density at radius 1 is 1.12 bits per heavy atom. The van der Waals surface area contributed by atoms with Crippen LogP contribution in [-0.4, -0.2) is 50.7 Å². The number of carbonyl (C=O) groups excluding carboxylic acids is 1. The molecular weight excluding hydrogens is 332 g/mol. The Balaban J connectivity index is 1.44. The summed E-state index contributed by atoms with van der Waals surface area (Å²) in [6, 6.07) is 6.12. The monoisotopic (exact) mass is 356 g/mol. The first-order valence-electron chi connectivity index (χ1n) is 9.25. The van der Waals surface area contributed by atoms with Gasteiger partial charge in [0, 0.05) is 24.3 Å². The van der Waals surface area contributed by atoms with Crippen molar-refractivity contribution in [3.05, 3.63) is 42.5 Å². The maximum Gasteiger partial charge on any atom is 0.316 e. The van der Waals surface area contributed by atoms with E-state index in [0.717, 1.165) is 18.5 Å². The molecule has 2 aliphatic rings. The van der Waals surface area contributed by atoms with Crippen molar-refractivity contribution < 1.29 is 14.3 Å². The van der Waals surface area contributed by atoms with Crippen molar-refractivity contribution in [3.8, 4) is 6.01 Å². The molecule has 7 nitrogen and oxygen atoms in total. The molecule has 2 aromatic heterocycles. The summed E-state index contributed by atoms with van der Waals surface area (Å²) in [5.74, 6) is 0.00845. The topological polar surface area (TPSA) is 69.5 Å². The lowest BCUT2D eigenvalue weighted by Gasteiger charge is -2.24. The molecule has 1 saturated carbocycles. The molecule has 7 heteroatoms. The molecule has 0 spiro atoms. The number of ether oxygens (including phenoxy) is 2. The molecule has 1 fully saturated rings. The number of hydrogen-bond donors (Lipinski definition) is 0. The van der Waals surface area contributed by atoms with E-state index < -0.39 is 0 Å². The van der Waals surface area contributed by atoms with E-state index in [9.17, 15) is 4.79 Å². The minimum absolute atomic E-state index is 0.00845. The van der Waals surface area contributed by atoms with Crippen molar-refractivity contribution in [1.29, 1.82) is 0 Å². The van der Waals surface area contributed by atoms with Crippen molar-refractivity contribution in [1.82, 2.24) is 19.4 Å². The third kappa shape index (κ3) is 4.04. The summed E-state index contributed by atoms with van der Waals surface area (Å²) in [5.41, 5.74) is 1.10. The van der Waals surface area contributed by atoms with Crippen LogP contribution in [0.15, 0.2) is 36.8 Å². The molecule has 26 heavy (non-hydrogen) atoms. The van der Waals surface area contributed by atoms with Gasteiger partial charge in [-0.25, -0.2) is 9.97 Å². The summed E-state index contributed by atoms with van der Waals surface area (Å²) in [6.45, 7) is 1.86. The molecular formula is C19H24N4O3. The number of fused-ring (bicyclic) bond motifs is 1. The Kier molecular flexibility index (Phi) is 5.15. The van der Waals surface area contributed by atoms with Crippen LogP contribution in [0, 0.1) is 0 Å². The predicted octanol–water partition coefficient (Wildman–Crippen LogP) is 2.03. The van der Waals surface area contributed by atoms with Crippen LogP contribution >= 0.6 is 0 Å². The first-order chi connectivity index (χ1) is 12.8. The van der Waals surface area contributed by atoms with Gasteiger partial charge in [-0.05, 0) is 31.0 Å². The second kappa shape index (κ2) is 7.86. The van der Waals surface area contributed by atoms with E-state index in [1.807, 2.05) is 23.2 Å². The van der Waals surface area contributed by atoms with Crippen molar-refractivity contribution in [3.63, 3.8) is 0 Å². The lowest BCUT2D eigenvalue weighted by atomic mass is 10.3. The van der Waals surface area contributed by atoms with Crippen LogP contribution in [0.1, 0.15) is 31.4 Å². The number of amides is 1. The molecule has 0 saturated heterocycles. The zero-order valence-corrected chi connectivity index (χ0v) is 14.8. The maximum absolute atomic E-state index is 12.7. The van der Waals surface area contributed by atoms with E-state index in [4.69, 9.17) is 9.47 Å². The Morgan fingerprint density at radius 2 is 1.92 bits per heavy atom. The van der Waals surface area contributed by atoms with Gasteiger partial charge in [0.1, 0.15) is 12.7 Å². The normalized spacial score (nSPS) is 20.6. The molecule has 0 bridgehead atoms. The molecule has 2 aromatic rings. The summed E-state index contributed by atoms with van der Waals surface area (Å²) in [5, 5.41) is 0. The van der Waals surface area contributed by atoms with Crippen LogP contribution in [0.4, 0.5) is 0 Å². The highest BCUT2D eigenvalue weighted by atomic mass is 16.5. The van der Waals surface area contributed by atoms with Crippen molar-refractivity contribution in [2.75, 3.05) is 13.2 Å². The van der Waals surface area contributed by atoms with Crippen LogP contribution in [0.3, 0.4) is 0 Å². The van der Waals surface area contributed by atoms with Gasteiger partial charge in [-0.2, -0.15) is 0 Å². The van der Waals surface area contributed by atoms with E-state index >= 15 is 0 Å². The Labute approximate surface area is 152 Å². The van der Waals surface area contributed by atoms with Gasteiger partial charge in [-0.3, -0.25) is 4.79 Å². The van der Waals surface area contributed by atoms with Gasteiger partial charge >= 0.3 is 6.01 Å². The number of rotatable bonds is 5. The smallest absolute Gasteiger partial charge is 0.316 e. The number of carbonyl (C=O) groups is 1. The minimum atomic E-state index is -0.207. The van der Waals surface area contributed by atoms with E-state index in [0.29, 0.717) is 25.6 Å². The van der Waals surface area contributed by atoms with Gasteiger partial charge in [0.25, 0.3) is 0 Å². The fourth-order valence-corrected chi connectivity index (χ4v) is 3.65. The van der Waals surface area contributed by atoms with Crippen LogP contribution in [-0.2, 0) is 22.6 Å². The molecule has 1 aliphatic heterocycles. The van der Waals surface area contributed by atoms with Crippen LogP contribution < -0.4 is 4.74 Å². The quantitative estimate of drug-likeness (QED) is 0.820. The van der Waals surface area contributed by atoms with Gasteiger partial charge < -0.3 is 18.9 Å². The molecule has 1 unspecified atom stereocenters. The second-order valence-electron chi connectivity index (χ2n) is 6.91. The van der Waals surface area contributed by atoms with Gasteiger partial charge in [-0.1, -0.05) is 12.8 Å². The van der Waals surface area contributed by atoms with Crippen LogP contribution in [0.5, 0.6) is 6.01 Å². The number of aromatic nitrogens is 3. The minimum Gasteiger partial charge on any atom is -0.456 e. The summed E-state index contributed by atoms with van der Waals surface area (Å²) >= 11 is 0. The zero-order chi connectivity index (χ0) is 17.8. The highest BCUT2D eigenvalue weighted by Gasteiger charge is 2.27. The summed E-state index contributed by atoms with van der Waals surface area (Å²) < 4.78 is 13.9. The fourth-order valence-electron chi connectivity index (χ4n) is 3.65. The molecule has 3 heterocycles. The highest BCUT2D eigenvalue weighted by Crippen LogP contribution is 2.21. The SMILES string of the molecule is O=C(COC1CCCC1)N1Cc2cccn2CC(Oc2ncccn2)C1. The number of nitrogens with zero attached hydrogens (tertiary/aromatic N) is 4. The van der Waals surface area contributed by atoms with Crippen molar-refractivity contribution in [2.45, 2.75) is 51.0 Å². The van der Waals surface area contributed by atoms with Gasteiger partial charge in [0.15, 0.2) is 0 Å². The predicted molar refractivity (Wildman–Crippen MR) is 94.5 cm³/mol. The molecule has 0 aromatic carbocycles. The largest absolute Gasteiger partial charge is 0.456 e. The molecule has 1 aliphatic carbocycles. The van der Waals surface area contributed by atoms with Gasteiger partial charge in [0.05, 0.1) is 25.7 Å². The lowest BCUT2D eigenvalue weighted by Crippen LogP contribution is -2.41.